The van der Waals surface area contributed by atoms with E-state index in [1.54, 1.807) is 7.05 Å². The highest BCUT2D eigenvalue weighted by Crippen LogP contribution is 1.99. The number of nitrogens with zero attached hydrogens (tertiary/aromatic N) is 3. The van der Waals surface area contributed by atoms with Crippen LogP contribution in [0.4, 0.5) is 0 Å². The van der Waals surface area contributed by atoms with E-state index in [1.807, 2.05) is 6.92 Å². The Morgan fingerprint density at radius 2 is 2.46 bits per heavy atom. The van der Waals surface area contributed by atoms with Gasteiger partial charge >= 0.3 is 0 Å². The Morgan fingerprint density at radius 3 is 3.00 bits per heavy atom. The topological polar surface area (TPSA) is 57.0 Å². The van der Waals surface area contributed by atoms with Crippen molar-refractivity contribution < 1.29 is 9.53 Å². The molecule has 0 saturated heterocycles. The Kier molecular flexibility index (Phi) is 3.57. The third-order valence-corrected chi connectivity index (χ3v) is 1.68. The SMILES string of the molecule is CCOCCC(=O)c1cnnn1C. The van der Waals surface area contributed by atoms with Gasteiger partial charge in [-0.1, -0.05) is 5.21 Å². The van der Waals surface area contributed by atoms with Crippen molar-refractivity contribution in [2.24, 2.45) is 7.05 Å². The van der Waals surface area contributed by atoms with Crippen molar-refractivity contribution in [3.63, 3.8) is 0 Å². The molecule has 0 aliphatic heterocycles. The monoisotopic (exact) mass is 183 g/mol. The standard InChI is InChI=1S/C8H13N3O2/c1-3-13-5-4-8(12)7-6-9-10-11(7)2/h6H,3-5H2,1-2H3. The highest BCUT2D eigenvalue weighted by Gasteiger charge is 2.09. The maximum absolute atomic E-state index is 11.4. The first kappa shape index (κ1) is 9.85. The maximum atomic E-state index is 11.4. The van der Waals surface area contributed by atoms with Gasteiger partial charge in [-0.15, -0.1) is 5.10 Å². The van der Waals surface area contributed by atoms with Crippen LogP contribution in [0.2, 0.25) is 0 Å². The molecular weight excluding hydrogens is 170 g/mol. The summed E-state index contributed by atoms with van der Waals surface area (Å²) in [6.07, 6.45) is 1.85. The predicted molar refractivity (Wildman–Crippen MR) is 46.4 cm³/mol. The smallest absolute Gasteiger partial charge is 0.184 e. The summed E-state index contributed by atoms with van der Waals surface area (Å²) < 4.78 is 6.54. The average Bonchev–Trinajstić information content (AvgIpc) is 2.52. The van der Waals surface area contributed by atoms with Gasteiger partial charge in [-0.3, -0.25) is 4.79 Å². The van der Waals surface area contributed by atoms with Crippen molar-refractivity contribution in [3.8, 4) is 0 Å². The molecule has 1 rings (SSSR count). The fourth-order valence-corrected chi connectivity index (χ4v) is 0.979. The van der Waals surface area contributed by atoms with Crippen molar-refractivity contribution >= 4 is 5.78 Å². The number of aryl methyl sites for hydroxylation is 1. The van der Waals surface area contributed by atoms with E-state index in [-0.39, 0.29) is 5.78 Å². The molecule has 5 nitrogen and oxygen atoms in total. The number of ketones is 1. The van der Waals surface area contributed by atoms with Crippen LogP contribution in [0.5, 0.6) is 0 Å². The summed E-state index contributed by atoms with van der Waals surface area (Å²) in [6.45, 7) is 2.99. The second kappa shape index (κ2) is 4.71. The van der Waals surface area contributed by atoms with Crippen LogP contribution in [0.1, 0.15) is 23.8 Å². The lowest BCUT2D eigenvalue weighted by atomic mass is 10.2. The highest BCUT2D eigenvalue weighted by molar-refractivity contribution is 5.94. The fraction of sp³-hybridized carbons (Fsp3) is 0.625. The van der Waals surface area contributed by atoms with Crippen LogP contribution in [0.15, 0.2) is 6.20 Å². The summed E-state index contributed by atoms with van der Waals surface area (Å²) >= 11 is 0. The minimum Gasteiger partial charge on any atom is -0.381 e. The van der Waals surface area contributed by atoms with E-state index in [4.69, 9.17) is 4.74 Å². The highest BCUT2D eigenvalue weighted by atomic mass is 16.5. The van der Waals surface area contributed by atoms with Crippen molar-refractivity contribution in [3.05, 3.63) is 11.9 Å². The zero-order valence-corrected chi connectivity index (χ0v) is 7.86. The summed E-state index contributed by atoms with van der Waals surface area (Å²) in [5, 5.41) is 7.29. The maximum Gasteiger partial charge on any atom is 0.184 e. The molecule has 13 heavy (non-hydrogen) atoms. The van der Waals surface area contributed by atoms with Crippen molar-refractivity contribution in [2.45, 2.75) is 13.3 Å². The van der Waals surface area contributed by atoms with E-state index in [0.717, 1.165) is 0 Å². The number of hydrogen-bond donors (Lipinski definition) is 0. The van der Waals surface area contributed by atoms with Crippen LogP contribution in [0.3, 0.4) is 0 Å². The fourth-order valence-electron chi connectivity index (χ4n) is 0.979. The number of rotatable bonds is 5. The Morgan fingerprint density at radius 1 is 1.69 bits per heavy atom. The van der Waals surface area contributed by atoms with Gasteiger partial charge in [0.2, 0.25) is 0 Å². The summed E-state index contributed by atoms with van der Waals surface area (Å²) in [5.74, 6) is 0.0148. The number of aromatic nitrogens is 3. The first-order chi connectivity index (χ1) is 6.25. The van der Waals surface area contributed by atoms with Gasteiger partial charge in [-0.05, 0) is 6.92 Å². The van der Waals surface area contributed by atoms with Crippen LogP contribution < -0.4 is 0 Å². The molecular formula is C8H13N3O2. The summed E-state index contributed by atoms with van der Waals surface area (Å²) in [4.78, 5) is 11.4. The molecule has 1 aromatic heterocycles. The largest absolute Gasteiger partial charge is 0.381 e. The van der Waals surface area contributed by atoms with Crippen LogP contribution in [0, 0.1) is 0 Å². The average molecular weight is 183 g/mol. The number of ether oxygens (including phenoxy) is 1. The first-order valence-electron chi connectivity index (χ1n) is 4.21. The second-order valence-corrected chi connectivity index (χ2v) is 2.61. The van der Waals surface area contributed by atoms with Crippen LogP contribution in [-0.4, -0.2) is 34.0 Å². The molecule has 0 N–H and O–H groups in total. The molecule has 0 amide bonds. The third-order valence-electron chi connectivity index (χ3n) is 1.68. The molecule has 0 aromatic carbocycles. The predicted octanol–water partition coefficient (Wildman–Crippen LogP) is 0.424. The van der Waals surface area contributed by atoms with Crippen LogP contribution >= 0.6 is 0 Å². The van der Waals surface area contributed by atoms with E-state index in [1.165, 1.54) is 10.9 Å². The summed E-state index contributed by atoms with van der Waals surface area (Å²) in [6, 6.07) is 0. The normalized spacial score (nSPS) is 10.3. The van der Waals surface area contributed by atoms with Crippen LogP contribution in [0.25, 0.3) is 0 Å². The van der Waals surface area contributed by atoms with Gasteiger partial charge in [0, 0.05) is 20.1 Å². The van der Waals surface area contributed by atoms with Crippen molar-refractivity contribution in [1.82, 2.24) is 15.0 Å². The third kappa shape index (κ3) is 2.62. The summed E-state index contributed by atoms with van der Waals surface area (Å²) in [5.41, 5.74) is 0.528. The lowest BCUT2D eigenvalue weighted by Gasteiger charge is -2.00. The minimum absolute atomic E-state index is 0.0148. The van der Waals surface area contributed by atoms with E-state index in [2.05, 4.69) is 10.3 Å². The molecule has 0 radical (unpaired) electrons. The second-order valence-electron chi connectivity index (χ2n) is 2.61. The molecule has 1 heterocycles. The molecule has 0 fully saturated rings. The van der Waals surface area contributed by atoms with E-state index in [9.17, 15) is 4.79 Å². The van der Waals surface area contributed by atoms with E-state index < -0.39 is 0 Å². The molecule has 5 heteroatoms. The van der Waals surface area contributed by atoms with Crippen molar-refractivity contribution in [2.75, 3.05) is 13.2 Å². The number of carbonyl (C=O) groups excluding carboxylic acids is 1. The molecule has 0 bridgehead atoms. The lowest BCUT2D eigenvalue weighted by Crippen LogP contribution is -2.09. The Labute approximate surface area is 76.7 Å². The molecule has 0 aliphatic carbocycles. The molecule has 0 aliphatic rings. The van der Waals surface area contributed by atoms with Gasteiger partial charge in [0.15, 0.2) is 5.78 Å². The van der Waals surface area contributed by atoms with Gasteiger partial charge in [0.25, 0.3) is 0 Å². The Balaban J connectivity index is 2.45. The Hall–Kier alpha value is -1.23. The van der Waals surface area contributed by atoms with E-state index >= 15 is 0 Å². The molecule has 1 aromatic rings. The molecule has 0 spiro atoms. The summed E-state index contributed by atoms with van der Waals surface area (Å²) in [7, 11) is 1.70. The van der Waals surface area contributed by atoms with Gasteiger partial charge in [-0.2, -0.15) is 0 Å². The number of Topliss-reactive ketones (excluding diaryl/α,β-unsaturated/α-hetero) is 1. The number of carbonyl (C=O) groups is 1. The van der Waals surface area contributed by atoms with Crippen LogP contribution in [-0.2, 0) is 11.8 Å². The van der Waals surface area contributed by atoms with E-state index in [0.29, 0.717) is 25.3 Å². The van der Waals surface area contributed by atoms with Gasteiger partial charge in [0.05, 0.1) is 12.8 Å². The lowest BCUT2D eigenvalue weighted by molar-refractivity contribution is 0.0887. The molecule has 72 valence electrons. The molecule has 0 atom stereocenters. The Bertz CT molecular complexity index is 283. The first-order valence-corrected chi connectivity index (χ1v) is 4.21. The molecule has 0 unspecified atom stereocenters. The van der Waals surface area contributed by atoms with Gasteiger partial charge in [0.1, 0.15) is 5.69 Å². The number of hydrogen-bond acceptors (Lipinski definition) is 4. The van der Waals surface area contributed by atoms with Gasteiger partial charge in [-0.25, -0.2) is 4.68 Å². The zero-order chi connectivity index (χ0) is 9.68. The minimum atomic E-state index is 0.0148. The van der Waals surface area contributed by atoms with Crippen molar-refractivity contribution in [1.29, 1.82) is 0 Å². The quantitative estimate of drug-likeness (QED) is 0.490. The zero-order valence-electron chi connectivity index (χ0n) is 7.86. The molecule has 0 saturated carbocycles. The van der Waals surface area contributed by atoms with Gasteiger partial charge < -0.3 is 4.74 Å².